The number of benzene rings is 1. The van der Waals surface area contributed by atoms with E-state index < -0.39 is 14.9 Å². The molecule has 0 saturated carbocycles. The Bertz CT molecular complexity index is 803. The minimum Gasteiger partial charge on any atom is -0.279 e. The van der Waals surface area contributed by atoms with Crippen LogP contribution in [0.3, 0.4) is 0 Å². The second kappa shape index (κ2) is 6.09. The number of nitrogens with zero attached hydrogens (tertiary/aromatic N) is 1. The van der Waals surface area contributed by atoms with Crippen LogP contribution in [-0.2, 0) is 10.0 Å². The van der Waals surface area contributed by atoms with Gasteiger partial charge in [-0.2, -0.15) is 0 Å². The molecule has 0 atom stereocenters. The number of thiophene rings is 1. The van der Waals surface area contributed by atoms with E-state index in [1.165, 1.54) is 18.2 Å². The van der Waals surface area contributed by atoms with Gasteiger partial charge in [-0.3, -0.25) is 14.8 Å². The minimum atomic E-state index is -3.84. The lowest BCUT2D eigenvalue weighted by molar-refractivity contribution is -0.384. The molecule has 0 bridgehead atoms. The fraction of sp³-hybridized carbons (Fsp3) is 0. The molecule has 2 rings (SSSR count). The molecule has 0 fully saturated rings. The Balaban J connectivity index is 2.33. The number of anilines is 1. The monoisotopic (exact) mass is 430 g/mol. The molecule has 0 unspecified atom stereocenters. The highest BCUT2D eigenvalue weighted by Crippen LogP contribution is 2.36. The van der Waals surface area contributed by atoms with Crippen LogP contribution in [-0.4, -0.2) is 13.3 Å². The van der Waals surface area contributed by atoms with E-state index in [0.29, 0.717) is 3.79 Å². The highest BCUT2D eigenvalue weighted by Gasteiger charge is 2.20. The third-order valence-electron chi connectivity index (χ3n) is 2.28. The molecule has 0 radical (unpaired) electrons. The van der Waals surface area contributed by atoms with Crippen LogP contribution in [0.4, 0.5) is 11.4 Å². The van der Waals surface area contributed by atoms with Gasteiger partial charge >= 0.3 is 0 Å². The fourth-order valence-corrected chi connectivity index (χ4v) is 5.08. The van der Waals surface area contributed by atoms with E-state index in [9.17, 15) is 18.5 Å². The van der Waals surface area contributed by atoms with Crippen LogP contribution < -0.4 is 4.72 Å². The van der Waals surface area contributed by atoms with Crippen LogP contribution in [0.2, 0.25) is 10.0 Å². The van der Waals surface area contributed by atoms with Gasteiger partial charge < -0.3 is 0 Å². The van der Waals surface area contributed by atoms with Crippen molar-refractivity contribution in [2.75, 3.05) is 4.72 Å². The van der Waals surface area contributed by atoms with Crippen LogP contribution in [0.15, 0.2) is 32.3 Å². The SMILES string of the molecule is O=[N+]([O-])c1ccc(NS(=O)(=O)c2cc(Cl)c(Br)s2)cc1Cl. The lowest BCUT2D eigenvalue weighted by Crippen LogP contribution is -2.11. The topological polar surface area (TPSA) is 89.3 Å². The summed E-state index contributed by atoms with van der Waals surface area (Å²) in [5.74, 6) is 0. The first-order chi connectivity index (χ1) is 9.70. The lowest BCUT2D eigenvalue weighted by atomic mass is 10.3. The van der Waals surface area contributed by atoms with Crippen LogP contribution in [0.25, 0.3) is 0 Å². The Labute approximate surface area is 142 Å². The van der Waals surface area contributed by atoms with Gasteiger partial charge in [-0.15, -0.1) is 11.3 Å². The zero-order valence-corrected chi connectivity index (χ0v) is 14.6. The third kappa shape index (κ3) is 3.67. The summed E-state index contributed by atoms with van der Waals surface area (Å²) < 4.78 is 27.1. The number of nitrogens with one attached hydrogen (secondary N) is 1. The maximum Gasteiger partial charge on any atom is 0.288 e. The minimum absolute atomic E-state index is 0.00819. The predicted molar refractivity (Wildman–Crippen MR) is 85.9 cm³/mol. The van der Waals surface area contributed by atoms with E-state index in [0.717, 1.165) is 17.4 Å². The Morgan fingerprint density at radius 2 is 1.90 bits per heavy atom. The summed E-state index contributed by atoms with van der Waals surface area (Å²) in [5.41, 5.74) is -0.187. The van der Waals surface area contributed by atoms with Crippen LogP contribution in [0.5, 0.6) is 0 Å². The van der Waals surface area contributed by atoms with Crippen molar-refractivity contribution in [3.8, 4) is 0 Å². The van der Waals surface area contributed by atoms with Crippen molar-refractivity contribution in [2.24, 2.45) is 0 Å². The van der Waals surface area contributed by atoms with E-state index in [4.69, 9.17) is 23.2 Å². The quantitative estimate of drug-likeness (QED) is 0.568. The van der Waals surface area contributed by atoms with E-state index >= 15 is 0 Å². The highest BCUT2D eigenvalue weighted by molar-refractivity contribution is 9.11. The van der Waals surface area contributed by atoms with Crippen LogP contribution in [0, 0.1) is 10.1 Å². The van der Waals surface area contributed by atoms with Crippen molar-refractivity contribution in [2.45, 2.75) is 4.21 Å². The standard InChI is InChI=1S/C10H5BrCl2N2O4S2/c11-10-7(13)4-9(20-10)21(18,19)14-5-1-2-8(15(16)17)6(12)3-5/h1-4,14H. The first kappa shape index (κ1) is 16.5. The molecular weight excluding hydrogens is 427 g/mol. The summed E-state index contributed by atoms with van der Waals surface area (Å²) in [4.78, 5) is 9.99. The van der Waals surface area contributed by atoms with Gasteiger partial charge in [0, 0.05) is 6.07 Å². The molecule has 1 aromatic carbocycles. The van der Waals surface area contributed by atoms with E-state index in [2.05, 4.69) is 20.7 Å². The average molecular weight is 432 g/mol. The number of nitro groups is 1. The number of hydrogen-bond acceptors (Lipinski definition) is 5. The summed E-state index contributed by atoms with van der Waals surface area (Å²) in [7, 11) is -3.84. The number of sulfonamides is 1. The van der Waals surface area contributed by atoms with Gasteiger partial charge in [-0.1, -0.05) is 23.2 Å². The number of rotatable bonds is 4. The normalized spacial score (nSPS) is 11.4. The molecule has 2 aromatic rings. The molecular formula is C10H5BrCl2N2O4S2. The van der Waals surface area contributed by atoms with Crippen molar-refractivity contribution < 1.29 is 13.3 Å². The first-order valence-corrected chi connectivity index (χ1v) is 8.97. The van der Waals surface area contributed by atoms with Crippen molar-refractivity contribution in [3.05, 3.63) is 48.2 Å². The lowest BCUT2D eigenvalue weighted by Gasteiger charge is -2.06. The van der Waals surface area contributed by atoms with Crippen molar-refractivity contribution in [3.63, 3.8) is 0 Å². The summed E-state index contributed by atoms with van der Waals surface area (Å²) in [5, 5.41) is 10.8. The molecule has 0 spiro atoms. The van der Waals surface area contributed by atoms with Gasteiger partial charge in [-0.05, 0) is 34.1 Å². The maximum atomic E-state index is 12.1. The second-order valence-electron chi connectivity index (χ2n) is 3.72. The molecule has 0 amide bonds. The van der Waals surface area contributed by atoms with Gasteiger partial charge in [0.25, 0.3) is 15.7 Å². The molecule has 112 valence electrons. The molecule has 1 aromatic heterocycles. The summed E-state index contributed by atoms with van der Waals surface area (Å²) in [6, 6.07) is 4.84. The Morgan fingerprint density at radius 3 is 2.38 bits per heavy atom. The Hall–Kier alpha value is -0.870. The number of nitro benzene ring substituents is 1. The molecule has 1 N–H and O–H groups in total. The zero-order chi connectivity index (χ0) is 15.8. The molecule has 6 nitrogen and oxygen atoms in total. The first-order valence-electron chi connectivity index (χ1n) is 5.12. The van der Waals surface area contributed by atoms with Crippen LogP contribution >= 0.6 is 50.5 Å². The third-order valence-corrected chi connectivity index (χ3v) is 6.92. The molecule has 21 heavy (non-hydrogen) atoms. The zero-order valence-electron chi connectivity index (χ0n) is 9.84. The van der Waals surface area contributed by atoms with Crippen LogP contribution in [0.1, 0.15) is 0 Å². The largest absolute Gasteiger partial charge is 0.288 e. The highest BCUT2D eigenvalue weighted by atomic mass is 79.9. The predicted octanol–water partition coefficient (Wildman–Crippen LogP) is 4.53. The molecule has 11 heteroatoms. The fourth-order valence-electron chi connectivity index (χ4n) is 1.38. The van der Waals surface area contributed by atoms with Crippen molar-refractivity contribution >= 4 is 71.9 Å². The van der Waals surface area contributed by atoms with E-state index in [1.54, 1.807) is 0 Å². The van der Waals surface area contributed by atoms with Gasteiger partial charge in [0.1, 0.15) is 9.23 Å². The van der Waals surface area contributed by atoms with Gasteiger partial charge in [0.15, 0.2) is 0 Å². The summed E-state index contributed by atoms with van der Waals surface area (Å²) >= 11 is 15.6. The maximum absolute atomic E-state index is 12.1. The summed E-state index contributed by atoms with van der Waals surface area (Å²) in [6.07, 6.45) is 0. The number of hydrogen-bond donors (Lipinski definition) is 1. The van der Waals surface area contributed by atoms with Crippen molar-refractivity contribution in [1.82, 2.24) is 0 Å². The average Bonchev–Trinajstić information content (AvgIpc) is 2.69. The van der Waals surface area contributed by atoms with Gasteiger partial charge in [-0.25, -0.2) is 8.42 Å². The number of halogens is 3. The molecule has 0 aliphatic rings. The summed E-state index contributed by atoms with van der Waals surface area (Å²) in [6.45, 7) is 0. The smallest absolute Gasteiger partial charge is 0.279 e. The van der Waals surface area contributed by atoms with E-state index in [-0.39, 0.29) is 25.6 Å². The molecule has 0 saturated heterocycles. The van der Waals surface area contributed by atoms with Crippen molar-refractivity contribution in [1.29, 1.82) is 0 Å². The molecule has 0 aliphatic carbocycles. The molecule has 1 heterocycles. The van der Waals surface area contributed by atoms with E-state index in [1.807, 2.05) is 0 Å². The molecule has 0 aliphatic heterocycles. The Morgan fingerprint density at radius 1 is 1.24 bits per heavy atom. The second-order valence-corrected chi connectivity index (χ2v) is 8.81. The Kier molecular flexibility index (Phi) is 4.79. The van der Waals surface area contributed by atoms with Gasteiger partial charge in [0.2, 0.25) is 0 Å². The van der Waals surface area contributed by atoms with Gasteiger partial charge in [0.05, 0.1) is 19.4 Å².